The van der Waals surface area contributed by atoms with Gasteiger partial charge in [-0.2, -0.15) is 0 Å². The monoisotopic (exact) mass is 750 g/mol. The molecule has 0 aromatic heterocycles. The second-order valence-electron chi connectivity index (χ2n) is 14.8. The Morgan fingerprint density at radius 2 is 1.06 bits per heavy atom. The summed E-state index contributed by atoms with van der Waals surface area (Å²) in [5.41, 5.74) is -0.238. The van der Waals surface area contributed by atoms with Crippen molar-refractivity contribution < 1.29 is 57.6 Å². The first-order valence-corrected chi connectivity index (χ1v) is 18.9. The number of allylic oxidation sites excluding steroid dienone is 4. The lowest BCUT2D eigenvalue weighted by molar-refractivity contribution is -0.148. The lowest BCUT2D eigenvalue weighted by Crippen LogP contribution is -2.46. The number of hydrogen-bond acceptors (Lipinski definition) is 12. The first-order chi connectivity index (χ1) is 24.7. The predicted molar refractivity (Wildman–Crippen MR) is 190 cm³/mol. The van der Waals surface area contributed by atoms with Crippen LogP contribution in [0.5, 0.6) is 0 Å². The van der Waals surface area contributed by atoms with Crippen molar-refractivity contribution in [3.8, 4) is 0 Å². The molecule has 0 atom stereocenters. The quantitative estimate of drug-likeness (QED) is 0.196. The van der Waals surface area contributed by atoms with Gasteiger partial charge in [-0.25, -0.2) is 0 Å². The molecule has 4 fully saturated rings. The smallest absolute Gasteiger partial charge is 0.310 e. The molecule has 0 radical (unpaired) electrons. The van der Waals surface area contributed by atoms with Crippen LogP contribution in [-0.2, 0) is 52.5 Å². The minimum Gasteiger partial charge on any atom is -0.512 e. The average molecular weight is 751 g/mol. The molecule has 1 N–H and O–H groups in total. The number of ether oxygens (including phenoxy) is 4. The third-order valence-electron chi connectivity index (χ3n) is 10.7. The van der Waals surface area contributed by atoms with Crippen LogP contribution in [0.3, 0.4) is 0 Å². The van der Waals surface area contributed by atoms with Crippen molar-refractivity contribution >= 4 is 51.7 Å². The van der Waals surface area contributed by atoms with Gasteiger partial charge in [-0.05, 0) is 66.4 Å². The van der Waals surface area contributed by atoms with Crippen molar-refractivity contribution in [2.75, 3.05) is 39.6 Å². The molecule has 13 heteroatoms. The third kappa shape index (κ3) is 13.1. The molecule has 3 spiro atoms. The normalized spacial score (nSPS) is 23.5. The molecule has 0 amide bonds. The van der Waals surface area contributed by atoms with Crippen molar-refractivity contribution in [1.82, 2.24) is 0 Å². The van der Waals surface area contributed by atoms with E-state index in [1.54, 1.807) is 20.8 Å². The molecule has 0 unspecified atom stereocenters. The van der Waals surface area contributed by atoms with Gasteiger partial charge in [0.05, 0.1) is 5.76 Å². The summed E-state index contributed by atoms with van der Waals surface area (Å²) in [7, 11) is 0. The summed E-state index contributed by atoms with van der Waals surface area (Å²) in [6, 6.07) is 0. The van der Waals surface area contributed by atoms with E-state index in [1.807, 2.05) is 0 Å². The van der Waals surface area contributed by atoms with Gasteiger partial charge in [0.25, 0.3) is 0 Å². The van der Waals surface area contributed by atoms with Gasteiger partial charge in [0.15, 0.2) is 28.9 Å². The highest BCUT2D eigenvalue weighted by Crippen LogP contribution is 2.45. The van der Waals surface area contributed by atoms with Crippen LogP contribution in [0.2, 0.25) is 0 Å². The number of esters is 1. The maximum atomic E-state index is 12.0. The van der Waals surface area contributed by atoms with E-state index in [0.717, 1.165) is 51.7 Å². The number of aliphatic hydroxyl groups is 1. The van der Waals surface area contributed by atoms with E-state index in [1.165, 1.54) is 12.2 Å². The fraction of sp³-hybridized carbons (Fsp3) is 0.718. The minimum atomic E-state index is -0.964. The SMILES string of the molecule is CCC(=O)C1C(=O)CC2(CCOCC2)CC1=O.CCC(=O)Cl.CCC(=O)OC1=CC(=O)CC2(CCOCC2)C1.O=C1C=C(O)CC2(CCOCC2)C1. The number of ketones is 5. The highest BCUT2D eigenvalue weighted by Gasteiger charge is 2.47. The van der Waals surface area contributed by atoms with E-state index >= 15 is 0 Å². The number of halogens is 1. The molecule has 290 valence electrons. The molecular weight excluding hydrogens is 696 g/mol. The van der Waals surface area contributed by atoms with Crippen molar-refractivity contribution in [3.63, 3.8) is 0 Å². The molecule has 3 aliphatic carbocycles. The summed E-state index contributed by atoms with van der Waals surface area (Å²) < 4.78 is 21.1. The van der Waals surface area contributed by atoms with Crippen LogP contribution in [0, 0.1) is 22.2 Å². The van der Waals surface area contributed by atoms with Gasteiger partial charge in [-0.3, -0.25) is 33.6 Å². The van der Waals surface area contributed by atoms with Crippen LogP contribution in [0.1, 0.15) is 117 Å². The maximum absolute atomic E-state index is 12.0. The zero-order valence-corrected chi connectivity index (χ0v) is 31.7. The molecular formula is C39H55ClO12. The highest BCUT2D eigenvalue weighted by molar-refractivity contribution is 6.63. The Morgan fingerprint density at radius 1 is 0.654 bits per heavy atom. The highest BCUT2D eigenvalue weighted by atomic mass is 35.5. The first kappa shape index (κ1) is 43.3. The lowest BCUT2D eigenvalue weighted by atomic mass is 9.64. The Morgan fingerprint density at radius 3 is 1.44 bits per heavy atom. The standard InChI is InChI=1S/2C13H18O4.C10H14O3.C3H5ClO/c1-2-12(15)17-11-7-10(14)8-13(9-11)3-5-16-6-4-13;1-2-9(14)12-10(15)7-13(8-11(12)16)3-5-17-6-4-13;11-8-5-9(12)7-10(6-8)1-3-13-4-2-10;1-2-3(4)5/h7H,2-6,8-9H2,1H3;12H,2-8H2,1H3;5,11H,1-4,6-7H2;2H2,1H3. The number of carbonyl (C=O) groups excluding carboxylic acids is 7. The fourth-order valence-electron chi connectivity index (χ4n) is 7.69. The Kier molecular flexibility index (Phi) is 17.0. The zero-order valence-electron chi connectivity index (χ0n) is 30.9. The molecule has 6 rings (SSSR count). The van der Waals surface area contributed by atoms with Crippen LogP contribution in [0.4, 0.5) is 0 Å². The Balaban J connectivity index is 0.000000199. The van der Waals surface area contributed by atoms with Gasteiger partial charge in [0.2, 0.25) is 5.24 Å². The van der Waals surface area contributed by atoms with E-state index in [9.17, 15) is 38.7 Å². The van der Waals surface area contributed by atoms with Gasteiger partial charge in [0, 0.05) is 110 Å². The molecule has 3 heterocycles. The molecule has 0 aromatic carbocycles. The van der Waals surface area contributed by atoms with E-state index in [-0.39, 0.29) is 68.6 Å². The number of Topliss-reactive ketones (excluding diaryl/α,β-unsaturated/α-hetero) is 3. The van der Waals surface area contributed by atoms with Gasteiger partial charge >= 0.3 is 5.97 Å². The van der Waals surface area contributed by atoms with Crippen LogP contribution < -0.4 is 0 Å². The summed E-state index contributed by atoms with van der Waals surface area (Å²) in [6.45, 7) is 9.24. The largest absolute Gasteiger partial charge is 0.512 e. The molecule has 12 nitrogen and oxygen atoms in total. The minimum absolute atomic E-state index is 0.00810. The van der Waals surface area contributed by atoms with Crippen LogP contribution in [0.25, 0.3) is 0 Å². The maximum Gasteiger partial charge on any atom is 0.310 e. The zero-order chi connectivity index (χ0) is 38.4. The van der Waals surface area contributed by atoms with Crippen molar-refractivity contribution in [3.05, 3.63) is 23.7 Å². The molecule has 0 bridgehead atoms. The Labute approximate surface area is 311 Å². The predicted octanol–water partition coefficient (Wildman–Crippen LogP) is 6.04. The van der Waals surface area contributed by atoms with Crippen molar-refractivity contribution in [2.24, 2.45) is 22.2 Å². The number of rotatable bonds is 5. The van der Waals surface area contributed by atoms with Gasteiger partial charge in [-0.1, -0.05) is 20.8 Å². The molecule has 1 saturated carbocycles. The number of aliphatic hydroxyl groups excluding tert-OH is 1. The second kappa shape index (κ2) is 20.4. The molecule has 6 aliphatic rings. The summed E-state index contributed by atoms with van der Waals surface area (Å²) in [6.07, 6.45) is 12.2. The summed E-state index contributed by atoms with van der Waals surface area (Å²) in [5, 5.41) is 9.12. The van der Waals surface area contributed by atoms with E-state index in [0.29, 0.717) is 83.6 Å². The average Bonchev–Trinajstić information content (AvgIpc) is 3.08. The Bertz CT molecular complexity index is 1340. The van der Waals surface area contributed by atoms with E-state index < -0.39 is 5.92 Å². The van der Waals surface area contributed by atoms with Crippen molar-refractivity contribution in [1.29, 1.82) is 0 Å². The van der Waals surface area contributed by atoms with Gasteiger partial charge in [0.1, 0.15) is 11.7 Å². The number of hydrogen-bond donors (Lipinski definition) is 1. The summed E-state index contributed by atoms with van der Waals surface area (Å²) in [5.74, 6) is -0.885. The van der Waals surface area contributed by atoms with E-state index in [2.05, 4.69) is 0 Å². The van der Waals surface area contributed by atoms with Gasteiger partial charge < -0.3 is 24.1 Å². The number of carbonyl (C=O) groups is 7. The molecule has 0 aromatic rings. The van der Waals surface area contributed by atoms with E-state index in [4.69, 9.17) is 30.5 Å². The van der Waals surface area contributed by atoms with Gasteiger partial charge in [-0.15, -0.1) is 0 Å². The fourth-order valence-corrected chi connectivity index (χ4v) is 7.69. The third-order valence-corrected chi connectivity index (χ3v) is 11.0. The van der Waals surface area contributed by atoms with Crippen LogP contribution in [-0.4, -0.2) is 84.9 Å². The van der Waals surface area contributed by atoms with Crippen molar-refractivity contribution in [2.45, 2.75) is 117 Å². The molecule has 52 heavy (non-hydrogen) atoms. The first-order valence-electron chi connectivity index (χ1n) is 18.5. The summed E-state index contributed by atoms with van der Waals surface area (Å²) >= 11 is 4.82. The second-order valence-corrected chi connectivity index (χ2v) is 15.2. The lowest BCUT2D eigenvalue weighted by Gasteiger charge is -2.40. The molecule has 3 saturated heterocycles. The summed E-state index contributed by atoms with van der Waals surface area (Å²) in [4.78, 5) is 79.4. The Hall–Kier alpha value is -3.06. The van der Waals surface area contributed by atoms with Crippen LogP contribution in [0.15, 0.2) is 23.7 Å². The molecule has 3 aliphatic heterocycles. The topological polar surface area (TPSA) is 177 Å². The van der Waals surface area contributed by atoms with Crippen LogP contribution >= 0.6 is 11.6 Å².